The van der Waals surface area contributed by atoms with Gasteiger partial charge in [0.1, 0.15) is 5.65 Å². The Kier molecular flexibility index (Phi) is 2.05. The van der Waals surface area contributed by atoms with E-state index in [2.05, 4.69) is 10.00 Å². The first kappa shape index (κ1) is 9.73. The molecule has 1 fully saturated rings. The molecule has 1 atom stereocenters. The van der Waals surface area contributed by atoms with Crippen LogP contribution in [0.3, 0.4) is 0 Å². The van der Waals surface area contributed by atoms with Crippen molar-refractivity contribution in [2.24, 2.45) is 6.98 Å². The predicted molar refractivity (Wildman–Crippen MR) is 83.6 cm³/mol. The van der Waals surface area contributed by atoms with Crippen molar-refractivity contribution in [3.8, 4) is 0 Å². The van der Waals surface area contributed by atoms with Gasteiger partial charge in [-0.15, -0.1) is 0 Å². The van der Waals surface area contributed by atoms with Crippen LogP contribution in [-0.4, -0.2) is 39.4 Å². The van der Waals surface area contributed by atoms with Gasteiger partial charge in [0.15, 0.2) is 0 Å². The third-order valence-corrected chi connectivity index (χ3v) is 4.34. The van der Waals surface area contributed by atoms with Crippen molar-refractivity contribution < 1.29 is 4.11 Å². The summed E-state index contributed by atoms with van der Waals surface area (Å²) in [4.78, 5) is 15.0. The zero-order valence-electron chi connectivity index (χ0n) is 14.8. The summed E-state index contributed by atoms with van der Waals surface area (Å²) in [5.41, 5.74) is -0.106. The van der Waals surface area contributed by atoms with Crippen LogP contribution < -0.4 is 5.56 Å². The second kappa shape index (κ2) is 4.43. The Morgan fingerprint density at radius 1 is 1.29 bits per heavy atom. The first-order valence-corrected chi connectivity index (χ1v) is 7.08. The Morgan fingerprint density at radius 3 is 2.81 bits per heavy atom. The van der Waals surface area contributed by atoms with E-state index in [1.807, 2.05) is 19.2 Å². The first-order valence-electron chi connectivity index (χ1n) is 8.58. The lowest BCUT2D eigenvalue weighted by molar-refractivity contribution is 0.384. The van der Waals surface area contributed by atoms with Gasteiger partial charge in [0.2, 0.25) is 0 Å². The van der Waals surface area contributed by atoms with Crippen LogP contribution in [-0.2, 0) is 6.98 Å². The molecule has 1 aliphatic heterocycles. The van der Waals surface area contributed by atoms with Gasteiger partial charge in [-0.1, -0.05) is 18.2 Å². The largest absolute Gasteiger partial charge is 0.304 e. The highest BCUT2D eigenvalue weighted by Gasteiger charge is 2.24. The second-order valence-corrected chi connectivity index (χ2v) is 5.72. The van der Waals surface area contributed by atoms with E-state index in [1.54, 1.807) is 23.0 Å². The van der Waals surface area contributed by atoms with E-state index in [4.69, 9.17) is 4.11 Å². The highest BCUT2D eigenvalue weighted by atomic mass is 16.1. The summed E-state index contributed by atoms with van der Waals surface area (Å²) in [6.07, 6.45) is 2.56. The molecule has 0 bridgehead atoms. The lowest BCUT2D eigenvalue weighted by Crippen LogP contribution is -2.22. The van der Waals surface area contributed by atoms with Crippen molar-refractivity contribution in [1.82, 2.24) is 19.2 Å². The van der Waals surface area contributed by atoms with Gasteiger partial charge in [-0.25, -0.2) is 4.68 Å². The number of pyridine rings is 1. The normalized spacial score (nSPS) is 22.5. The summed E-state index contributed by atoms with van der Waals surface area (Å²) in [7, 11) is 2.03. The molecule has 21 heavy (non-hydrogen) atoms. The van der Waals surface area contributed by atoms with Gasteiger partial charge >= 0.3 is 0 Å². The molecule has 1 aromatic carbocycles. The summed E-state index contributed by atoms with van der Waals surface area (Å²) < 4.78 is 26.2. The smallest absolute Gasteiger partial charge is 0.259 e. The number of hydrogen-bond donors (Lipinski definition) is 0. The van der Waals surface area contributed by atoms with Crippen molar-refractivity contribution in [3.05, 3.63) is 40.8 Å². The molecule has 3 heterocycles. The number of hydrogen-bond acceptors (Lipinski definition) is 3. The Hall–Kier alpha value is -2.14. The van der Waals surface area contributed by atoms with Crippen molar-refractivity contribution in [2.45, 2.75) is 12.5 Å². The van der Waals surface area contributed by atoms with Gasteiger partial charge in [0.25, 0.3) is 5.56 Å². The summed E-state index contributed by atoms with van der Waals surface area (Å²) in [5.74, 6) is 0. The maximum absolute atomic E-state index is 12.9. The minimum Gasteiger partial charge on any atom is -0.304 e. The molecule has 0 spiro atoms. The Bertz CT molecular complexity index is 989. The van der Waals surface area contributed by atoms with E-state index in [9.17, 15) is 4.79 Å². The quantitative estimate of drug-likeness (QED) is 0.684. The Balaban J connectivity index is 2.13. The molecule has 0 saturated carbocycles. The van der Waals surface area contributed by atoms with Crippen molar-refractivity contribution >= 4 is 21.8 Å². The van der Waals surface area contributed by atoms with E-state index >= 15 is 0 Å². The fourth-order valence-corrected chi connectivity index (χ4v) is 3.27. The van der Waals surface area contributed by atoms with Crippen molar-refractivity contribution in [3.63, 3.8) is 0 Å². The lowest BCUT2D eigenvalue weighted by Gasteiger charge is -2.14. The van der Waals surface area contributed by atoms with Gasteiger partial charge in [-0.3, -0.25) is 9.36 Å². The second-order valence-electron chi connectivity index (χ2n) is 5.72. The van der Waals surface area contributed by atoms with Crippen LogP contribution in [0, 0.1) is 0 Å². The average Bonchev–Trinajstić information content (AvgIpc) is 3.12. The number of likely N-dealkylation sites (tertiary alicyclic amines) is 1. The molecule has 5 nitrogen and oxygen atoms in total. The van der Waals surface area contributed by atoms with Gasteiger partial charge in [0.05, 0.1) is 12.2 Å². The number of benzene rings is 1. The van der Waals surface area contributed by atoms with E-state index in [-0.39, 0.29) is 6.04 Å². The van der Waals surface area contributed by atoms with E-state index in [0.29, 0.717) is 16.4 Å². The Labute approximate surface area is 126 Å². The summed E-state index contributed by atoms with van der Waals surface area (Å²) in [5, 5.41) is 6.31. The van der Waals surface area contributed by atoms with E-state index in [1.165, 1.54) is 0 Å². The number of rotatable bonds is 1. The molecule has 5 heteroatoms. The van der Waals surface area contributed by atoms with E-state index < -0.39 is 12.5 Å². The van der Waals surface area contributed by atoms with Gasteiger partial charge < -0.3 is 4.90 Å². The molecule has 0 amide bonds. The van der Waals surface area contributed by atoms with Crippen LogP contribution >= 0.6 is 0 Å². The molecule has 0 N–H and O–H groups in total. The zero-order chi connectivity index (χ0) is 17.1. The first-order chi connectivity index (χ1) is 11.4. The number of likely N-dealkylation sites (N-methyl/N-ethyl adjacent to an activating group) is 1. The number of nitrogens with zero attached hydrogens (tertiary/aromatic N) is 4. The molecule has 2 aromatic heterocycles. The minimum atomic E-state index is -2.55. The molecular formula is C16H18N4O. The van der Waals surface area contributed by atoms with Crippen LogP contribution in [0.4, 0.5) is 0 Å². The molecule has 4 rings (SSSR count). The molecule has 3 aromatic rings. The topological polar surface area (TPSA) is 43.1 Å². The fourth-order valence-electron chi connectivity index (χ4n) is 3.27. The number of aromatic nitrogens is 3. The summed E-state index contributed by atoms with van der Waals surface area (Å²) >= 11 is 0. The SMILES string of the molecule is [2H]C([2H])([2H])n1c(=O)c2ccccc2c2cnn([C@H]3CCN(C)C3)c21. The minimum absolute atomic E-state index is 0.0710. The van der Waals surface area contributed by atoms with Gasteiger partial charge in [-0.05, 0) is 24.9 Å². The van der Waals surface area contributed by atoms with Crippen molar-refractivity contribution in [1.29, 1.82) is 0 Å². The summed E-state index contributed by atoms with van der Waals surface area (Å²) in [6.45, 7) is -0.835. The standard InChI is InChI=1S/C16H18N4O/c1-18-8-7-11(10-18)20-15-14(9-17-20)12-5-3-4-6-13(12)16(21)19(15)2/h3-6,9,11H,7-8,10H2,1-2H3/t11-/m0/s1/i2D3. The van der Waals surface area contributed by atoms with Crippen LogP contribution in [0.25, 0.3) is 21.8 Å². The maximum Gasteiger partial charge on any atom is 0.259 e. The molecule has 108 valence electrons. The van der Waals surface area contributed by atoms with Crippen LogP contribution in [0.2, 0.25) is 0 Å². The Morgan fingerprint density at radius 2 is 2.10 bits per heavy atom. The van der Waals surface area contributed by atoms with Crippen molar-refractivity contribution in [2.75, 3.05) is 20.1 Å². The van der Waals surface area contributed by atoms with Crippen LogP contribution in [0.5, 0.6) is 0 Å². The molecule has 0 unspecified atom stereocenters. The van der Waals surface area contributed by atoms with Gasteiger partial charge in [0, 0.05) is 35.0 Å². The fraction of sp³-hybridized carbons (Fsp3) is 0.375. The third kappa shape index (κ3) is 1.74. The van der Waals surface area contributed by atoms with Gasteiger partial charge in [-0.2, -0.15) is 5.10 Å². The highest BCUT2D eigenvalue weighted by molar-refractivity contribution is 6.04. The molecule has 1 aliphatic rings. The number of aryl methyl sites for hydroxylation is 1. The molecule has 0 radical (unpaired) electrons. The summed E-state index contributed by atoms with van der Waals surface area (Å²) in [6, 6.07) is 7.18. The molecule has 0 aliphatic carbocycles. The van der Waals surface area contributed by atoms with Crippen LogP contribution in [0.1, 0.15) is 16.6 Å². The maximum atomic E-state index is 12.9. The number of fused-ring (bicyclic) bond motifs is 3. The zero-order valence-corrected chi connectivity index (χ0v) is 11.8. The lowest BCUT2D eigenvalue weighted by atomic mass is 10.1. The highest BCUT2D eigenvalue weighted by Crippen LogP contribution is 2.27. The third-order valence-electron chi connectivity index (χ3n) is 4.34. The monoisotopic (exact) mass is 285 g/mol. The molecular weight excluding hydrogens is 264 g/mol. The van der Waals surface area contributed by atoms with Crippen LogP contribution in [0.15, 0.2) is 35.3 Å². The molecule has 1 saturated heterocycles. The van der Waals surface area contributed by atoms with E-state index in [0.717, 1.165) is 29.5 Å². The average molecular weight is 285 g/mol. The predicted octanol–water partition coefficient (Wildman–Crippen LogP) is 1.76.